The molecule has 2 rings (SSSR count). The third-order valence-corrected chi connectivity index (χ3v) is 3.94. The maximum absolute atomic E-state index is 11.9. The van der Waals surface area contributed by atoms with E-state index in [1.54, 1.807) is 12.1 Å². The lowest BCUT2D eigenvalue weighted by atomic mass is 10.0. The Balaban J connectivity index is 1.96. The lowest BCUT2D eigenvalue weighted by molar-refractivity contribution is -0.384. The third kappa shape index (κ3) is 4.79. The fourth-order valence-corrected chi connectivity index (χ4v) is 2.54. The molecule has 2 aromatic carbocycles. The van der Waals surface area contributed by atoms with Gasteiger partial charge in [-0.2, -0.15) is 0 Å². The molecule has 0 aliphatic heterocycles. The Hall–Kier alpha value is -2.41. The highest BCUT2D eigenvalue weighted by atomic mass is 79.9. The summed E-state index contributed by atoms with van der Waals surface area (Å²) >= 11 is 3.43. The van der Waals surface area contributed by atoms with Crippen LogP contribution in [0, 0.1) is 10.1 Å². The monoisotopic (exact) mass is 392 g/mol. The number of nitro benzene ring substituents is 1. The van der Waals surface area contributed by atoms with Crippen molar-refractivity contribution in [1.29, 1.82) is 0 Å². The van der Waals surface area contributed by atoms with Crippen LogP contribution in [-0.2, 0) is 4.79 Å². The number of amides is 1. The third-order valence-electron chi connectivity index (χ3n) is 3.32. The van der Waals surface area contributed by atoms with Crippen molar-refractivity contribution in [3.05, 3.63) is 62.6 Å². The number of nitrogens with one attached hydrogen (secondary N) is 1. The smallest absolute Gasteiger partial charge is 0.271 e. The van der Waals surface area contributed by atoms with Gasteiger partial charge in [-0.15, -0.1) is 0 Å². The minimum atomic E-state index is -0.514. The molecule has 126 valence electrons. The van der Waals surface area contributed by atoms with Crippen LogP contribution in [0.15, 0.2) is 46.9 Å². The summed E-state index contributed by atoms with van der Waals surface area (Å²) in [5, 5.41) is 13.3. The zero-order valence-electron chi connectivity index (χ0n) is 13.3. The van der Waals surface area contributed by atoms with Crippen molar-refractivity contribution in [2.45, 2.75) is 19.8 Å². The standard InChI is InChI=1S/C17H17BrN2O4/c1-11(2)12-6-7-16(15(18)8-12)24-10-17(21)19-13-4-3-5-14(9-13)20(22)23/h3-9,11H,10H2,1-2H3,(H,19,21). The van der Waals surface area contributed by atoms with Crippen LogP contribution in [0.1, 0.15) is 25.3 Å². The van der Waals surface area contributed by atoms with E-state index >= 15 is 0 Å². The summed E-state index contributed by atoms with van der Waals surface area (Å²) < 4.78 is 6.27. The van der Waals surface area contributed by atoms with Crippen LogP contribution in [0.4, 0.5) is 11.4 Å². The zero-order chi connectivity index (χ0) is 17.7. The molecule has 0 saturated carbocycles. The Labute approximate surface area is 148 Å². The number of carbonyl (C=O) groups excluding carboxylic acids is 1. The highest BCUT2D eigenvalue weighted by Crippen LogP contribution is 2.28. The Bertz CT molecular complexity index is 762. The zero-order valence-corrected chi connectivity index (χ0v) is 14.9. The van der Waals surface area contributed by atoms with Gasteiger partial charge in [0.15, 0.2) is 6.61 Å². The van der Waals surface area contributed by atoms with Gasteiger partial charge in [0, 0.05) is 17.8 Å². The van der Waals surface area contributed by atoms with Crippen LogP contribution in [0.2, 0.25) is 0 Å². The molecule has 1 N–H and O–H groups in total. The summed E-state index contributed by atoms with van der Waals surface area (Å²) in [4.78, 5) is 22.1. The van der Waals surface area contributed by atoms with Gasteiger partial charge >= 0.3 is 0 Å². The maximum atomic E-state index is 11.9. The van der Waals surface area contributed by atoms with Crippen molar-refractivity contribution in [2.75, 3.05) is 11.9 Å². The van der Waals surface area contributed by atoms with E-state index in [1.165, 1.54) is 18.2 Å². The molecule has 2 aromatic rings. The van der Waals surface area contributed by atoms with Crippen LogP contribution in [0.3, 0.4) is 0 Å². The molecule has 0 heterocycles. The van der Waals surface area contributed by atoms with Crippen LogP contribution in [0.25, 0.3) is 0 Å². The van der Waals surface area contributed by atoms with E-state index in [0.29, 0.717) is 17.4 Å². The second-order valence-corrected chi connectivity index (χ2v) is 6.34. The van der Waals surface area contributed by atoms with Crippen molar-refractivity contribution in [3.63, 3.8) is 0 Å². The number of anilines is 1. The number of ether oxygens (including phenoxy) is 1. The largest absolute Gasteiger partial charge is 0.483 e. The minimum Gasteiger partial charge on any atom is -0.483 e. The molecule has 0 bridgehead atoms. The number of carbonyl (C=O) groups is 1. The summed E-state index contributed by atoms with van der Waals surface area (Å²) in [6.07, 6.45) is 0. The summed E-state index contributed by atoms with van der Waals surface area (Å²) in [6.45, 7) is 3.99. The molecule has 0 spiro atoms. The second-order valence-electron chi connectivity index (χ2n) is 5.49. The van der Waals surface area contributed by atoms with Gasteiger partial charge in [-0.05, 0) is 45.6 Å². The molecule has 0 atom stereocenters. The Kier molecular flexibility index (Phi) is 5.92. The molecular formula is C17H17BrN2O4. The van der Waals surface area contributed by atoms with Gasteiger partial charge in [0.2, 0.25) is 0 Å². The van der Waals surface area contributed by atoms with Gasteiger partial charge in [0.05, 0.1) is 9.40 Å². The topological polar surface area (TPSA) is 81.5 Å². The number of nitro groups is 1. The predicted octanol–water partition coefficient (Wildman–Crippen LogP) is 4.50. The molecule has 1 amide bonds. The molecular weight excluding hydrogens is 376 g/mol. The maximum Gasteiger partial charge on any atom is 0.271 e. The minimum absolute atomic E-state index is 0.0827. The van der Waals surface area contributed by atoms with Crippen molar-refractivity contribution in [2.24, 2.45) is 0 Å². The Morgan fingerprint density at radius 3 is 2.67 bits per heavy atom. The molecule has 24 heavy (non-hydrogen) atoms. The average Bonchev–Trinajstić information content (AvgIpc) is 2.53. The summed E-state index contributed by atoms with van der Waals surface area (Å²) in [5.41, 5.74) is 1.43. The molecule has 0 aliphatic rings. The molecule has 0 radical (unpaired) electrons. The van der Waals surface area contributed by atoms with Gasteiger partial charge in [0.25, 0.3) is 11.6 Å². The van der Waals surface area contributed by atoms with E-state index < -0.39 is 10.8 Å². The van der Waals surface area contributed by atoms with E-state index in [-0.39, 0.29) is 12.3 Å². The van der Waals surface area contributed by atoms with Crippen LogP contribution in [-0.4, -0.2) is 17.4 Å². The number of hydrogen-bond acceptors (Lipinski definition) is 4. The number of halogens is 1. The number of nitrogens with zero attached hydrogens (tertiary/aromatic N) is 1. The van der Waals surface area contributed by atoms with Gasteiger partial charge in [-0.25, -0.2) is 0 Å². The number of hydrogen-bond donors (Lipinski definition) is 1. The van der Waals surface area contributed by atoms with Crippen LogP contribution < -0.4 is 10.1 Å². The van der Waals surface area contributed by atoms with Gasteiger partial charge in [-0.1, -0.05) is 26.0 Å². The highest BCUT2D eigenvalue weighted by molar-refractivity contribution is 9.10. The molecule has 0 aliphatic carbocycles. The van der Waals surface area contributed by atoms with E-state index in [2.05, 4.69) is 35.1 Å². The fraction of sp³-hybridized carbons (Fsp3) is 0.235. The average molecular weight is 393 g/mol. The number of benzene rings is 2. The van der Waals surface area contributed by atoms with Gasteiger partial charge < -0.3 is 10.1 Å². The molecule has 0 unspecified atom stereocenters. The molecule has 7 heteroatoms. The Morgan fingerprint density at radius 1 is 1.29 bits per heavy atom. The lowest BCUT2D eigenvalue weighted by Gasteiger charge is -2.11. The summed E-state index contributed by atoms with van der Waals surface area (Å²) in [6, 6.07) is 11.5. The van der Waals surface area contributed by atoms with Crippen molar-refractivity contribution in [1.82, 2.24) is 0 Å². The first-order chi connectivity index (χ1) is 11.4. The summed E-state index contributed by atoms with van der Waals surface area (Å²) in [5.74, 6) is 0.566. The van der Waals surface area contributed by atoms with Crippen LogP contribution in [0.5, 0.6) is 5.75 Å². The number of rotatable bonds is 6. The van der Waals surface area contributed by atoms with E-state index in [1.807, 2.05) is 12.1 Å². The van der Waals surface area contributed by atoms with E-state index in [0.717, 1.165) is 10.0 Å². The molecule has 0 fully saturated rings. The fourth-order valence-electron chi connectivity index (χ4n) is 2.03. The lowest BCUT2D eigenvalue weighted by Crippen LogP contribution is -2.20. The van der Waals surface area contributed by atoms with Crippen molar-refractivity contribution < 1.29 is 14.5 Å². The second kappa shape index (κ2) is 7.92. The first-order valence-corrected chi connectivity index (χ1v) is 8.12. The van der Waals surface area contributed by atoms with Crippen molar-refractivity contribution in [3.8, 4) is 5.75 Å². The van der Waals surface area contributed by atoms with E-state index in [4.69, 9.17) is 4.74 Å². The van der Waals surface area contributed by atoms with Gasteiger partial charge in [-0.3, -0.25) is 14.9 Å². The van der Waals surface area contributed by atoms with Gasteiger partial charge in [0.1, 0.15) is 5.75 Å². The first-order valence-electron chi connectivity index (χ1n) is 7.33. The van der Waals surface area contributed by atoms with E-state index in [9.17, 15) is 14.9 Å². The quantitative estimate of drug-likeness (QED) is 0.579. The number of non-ortho nitro benzene ring substituents is 1. The normalized spacial score (nSPS) is 10.5. The highest BCUT2D eigenvalue weighted by Gasteiger charge is 2.10. The predicted molar refractivity (Wildman–Crippen MR) is 95.5 cm³/mol. The van der Waals surface area contributed by atoms with Crippen molar-refractivity contribution >= 4 is 33.2 Å². The summed E-state index contributed by atoms with van der Waals surface area (Å²) in [7, 11) is 0. The first kappa shape index (κ1) is 17.9. The molecule has 6 nitrogen and oxygen atoms in total. The molecule has 0 aromatic heterocycles. The van der Waals surface area contributed by atoms with Crippen LogP contribution >= 0.6 is 15.9 Å². The Morgan fingerprint density at radius 2 is 2.04 bits per heavy atom. The molecule has 0 saturated heterocycles. The SMILES string of the molecule is CC(C)c1ccc(OCC(=O)Nc2cccc([N+](=O)[O-])c2)c(Br)c1.